The number of nitrogens with zero attached hydrogens (tertiary/aromatic N) is 2. The summed E-state index contributed by atoms with van der Waals surface area (Å²) in [6.45, 7) is 14.8. The van der Waals surface area contributed by atoms with Gasteiger partial charge in [0.05, 0.1) is 12.2 Å². The van der Waals surface area contributed by atoms with Gasteiger partial charge in [-0.05, 0) is 25.4 Å². The minimum Gasteiger partial charge on any atom is -0.325 e. The van der Waals surface area contributed by atoms with E-state index in [1.165, 1.54) is 0 Å². The molecule has 1 N–H and O–H groups in total. The summed E-state index contributed by atoms with van der Waals surface area (Å²) in [5, 5.41) is 3.56. The molecule has 20 heavy (non-hydrogen) atoms. The van der Waals surface area contributed by atoms with Crippen LogP contribution < -0.4 is 5.32 Å². The minimum absolute atomic E-state index is 0.0215. The third-order valence-corrected chi connectivity index (χ3v) is 4.62. The Hall–Kier alpha value is -0.610. The van der Waals surface area contributed by atoms with Crippen molar-refractivity contribution in [3.8, 4) is 0 Å². The third kappa shape index (κ3) is 4.19. The maximum absolute atomic E-state index is 12.6. The van der Waals surface area contributed by atoms with E-state index in [4.69, 9.17) is 0 Å². The van der Waals surface area contributed by atoms with Gasteiger partial charge in [-0.15, -0.1) is 0 Å². The molecule has 1 amide bonds. The predicted molar refractivity (Wildman–Crippen MR) is 84.6 cm³/mol. The average Bonchev–Trinajstić information content (AvgIpc) is 2.76. The Kier molecular flexibility index (Phi) is 7.52. The summed E-state index contributed by atoms with van der Waals surface area (Å²) >= 11 is 0. The van der Waals surface area contributed by atoms with Gasteiger partial charge in [0.2, 0.25) is 5.91 Å². The molecule has 0 radical (unpaired) electrons. The van der Waals surface area contributed by atoms with Crippen LogP contribution in [0.3, 0.4) is 0 Å². The first-order valence-electron chi connectivity index (χ1n) is 8.37. The van der Waals surface area contributed by atoms with Crippen molar-refractivity contribution < 1.29 is 4.79 Å². The highest BCUT2D eigenvalue weighted by Gasteiger charge is 2.40. The zero-order valence-electron chi connectivity index (χ0n) is 14.0. The van der Waals surface area contributed by atoms with Crippen LogP contribution in [-0.2, 0) is 4.79 Å². The lowest BCUT2D eigenvalue weighted by Gasteiger charge is -2.27. The molecule has 0 bridgehead atoms. The van der Waals surface area contributed by atoms with E-state index in [0.29, 0.717) is 11.8 Å². The number of rotatable bonds is 9. The summed E-state index contributed by atoms with van der Waals surface area (Å²) in [6, 6.07) is 0.0215. The molecule has 1 fully saturated rings. The van der Waals surface area contributed by atoms with Crippen LogP contribution in [0.25, 0.3) is 0 Å². The van der Waals surface area contributed by atoms with Crippen LogP contribution in [0.15, 0.2) is 0 Å². The summed E-state index contributed by atoms with van der Waals surface area (Å²) in [6.07, 6.45) is 3.45. The quantitative estimate of drug-likeness (QED) is 0.705. The molecule has 1 aliphatic heterocycles. The highest BCUT2D eigenvalue weighted by molar-refractivity contribution is 5.84. The van der Waals surface area contributed by atoms with Gasteiger partial charge in [0, 0.05) is 13.1 Å². The van der Waals surface area contributed by atoms with E-state index in [9.17, 15) is 4.79 Å². The first-order valence-corrected chi connectivity index (χ1v) is 8.37. The van der Waals surface area contributed by atoms with Gasteiger partial charge in [0.15, 0.2) is 0 Å². The molecule has 1 aliphatic rings. The Labute approximate surface area is 124 Å². The van der Waals surface area contributed by atoms with Gasteiger partial charge in [-0.25, -0.2) is 0 Å². The fourth-order valence-electron chi connectivity index (χ4n) is 2.91. The number of carbonyl (C=O) groups is 1. The maximum atomic E-state index is 12.6. The Balaban J connectivity index is 2.66. The van der Waals surface area contributed by atoms with E-state index < -0.39 is 0 Å². The lowest BCUT2D eigenvalue weighted by molar-refractivity contribution is -0.131. The van der Waals surface area contributed by atoms with Crippen LogP contribution in [0, 0.1) is 5.92 Å². The topological polar surface area (TPSA) is 35.6 Å². The number of hydrogen-bond acceptors (Lipinski definition) is 3. The molecule has 1 rings (SSSR count). The molecule has 0 aromatic rings. The molecular formula is C16H33N3O. The summed E-state index contributed by atoms with van der Waals surface area (Å²) in [7, 11) is 0. The largest absolute Gasteiger partial charge is 0.325 e. The molecule has 0 aliphatic carbocycles. The maximum Gasteiger partial charge on any atom is 0.241 e. The fourth-order valence-corrected chi connectivity index (χ4v) is 2.91. The molecule has 3 atom stereocenters. The Morgan fingerprint density at radius 1 is 1.25 bits per heavy atom. The highest BCUT2D eigenvalue weighted by atomic mass is 16.2. The molecule has 1 heterocycles. The molecule has 4 nitrogen and oxygen atoms in total. The zero-order chi connectivity index (χ0) is 15.1. The standard InChI is InChI=1S/C16H33N3O/c1-6-10-14-17-15(13(5)7-2)16(20)19(14)12-11-18(8-3)9-4/h13-15,17H,6-12H2,1-5H3. The van der Waals surface area contributed by atoms with Crippen molar-refractivity contribution in [1.82, 2.24) is 15.1 Å². The number of carbonyl (C=O) groups excluding carboxylic acids is 1. The normalized spacial score (nSPS) is 24.7. The van der Waals surface area contributed by atoms with Crippen molar-refractivity contribution >= 4 is 5.91 Å². The number of nitrogens with one attached hydrogen (secondary N) is 1. The van der Waals surface area contributed by atoms with Crippen molar-refractivity contribution in [1.29, 1.82) is 0 Å². The number of likely N-dealkylation sites (N-methyl/N-ethyl adjacent to an activating group) is 1. The smallest absolute Gasteiger partial charge is 0.241 e. The fraction of sp³-hybridized carbons (Fsp3) is 0.938. The zero-order valence-corrected chi connectivity index (χ0v) is 14.0. The van der Waals surface area contributed by atoms with Crippen LogP contribution in [-0.4, -0.2) is 54.1 Å². The van der Waals surface area contributed by atoms with Crippen molar-refractivity contribution in [3.63, 3.8) is 0 Å². The van der Waals surface area contributed by atoms with Gasteiger partial charge >= 0.3 is 0 Å². The van der Waals surface area contributed by atoms with Crippen LogP contribution >= 0.6 is 0 Å². The second-order valence-electron chi connectivity index (χ2n) is 5.89. The van der Waals surface area contributed by atoms with Crippen LogP contribution in [0.5, 0.6) is 0 Å². The summed E-state index contributed by atoms with van der Waals surface area (Å²) in [4.78, 5) is 17.1. The lowest BCUT2D eigenvalue weighted by Crippen LogP contribution is -2.42. The molecule has 4 heteroatoms. The minimum atomic E-state index is 0.0215. The van der Waals surface area contributed by atoms with E-state index in [0.717, 1.165) is 45.4 Å². The molecule has 0 aromatic heterocycles. The van der Waals surface area contributed by atoms with Gasteiger partial charge in [-0.3, -0.25) is 10.1 Å². The van der Waals surface area contributed by atoms with Crippen molar-refractivity contribution in [2.24, 2.45) is 5.92 Å². The molecule has 0 spiro atoms. The number of amides is 1. The van der Waals surface area contributed by atoms with Gasteiger partial charge in [-0.1, -0.05) is 47.5 Å². The molecule has 3 unspecified atom stereocenters. The van der Waals surface area contributed by atoms with Crippen molar-refractivity contribution in [2.75, 3.05) is 26.2 Å². The van der Waals surface area contributed by atoms with Gasteiger partial charge < -0.3 is 9.80 Å². The van der Waals surface area contributed by atoms with E-state index in [-0.39, 0.29) is 12.2 Å². The van der Waals surface area contributed by atoms with E-state index in [1.54, 1.807) is 0 Å². The van der Waals surface area contributed by atoms with E-state index in [2.05, 4.69) is 49.7 Å². The third-order valence-electron chi connectivity index (χ3n) is 4.62. The van der Waals surface area contributed by atoms with Crippen molar-refractivity contribution in [2.45, 2.75) is 66.1 Å². The first-order chi connectivity index (χ1) is 9.58. The van der Waals surface area contributed by atoms with Crippen LogP contribution in [0.2, 0.25) is 0 Å². The SMILES string of the molecule is CCCC1NC(C(C)CC)C(=O)N1CCN(CC)CC. The summed E-state index contributed by atoms with van der Waals surface area (Å²) < 4.78 is 0. The Morgan fingerprint density at radius 3 is 2.40 bits per heavy atom. The summed E-state index contributed by atoms with van der Waals surface area (Å²) in [5.74, 6) is 0.727. The van der Waals surface area contributed by atoms with Gasteiger partial charge in [0.25, 0.3) is 0 Å². The van der Waals surface area contributed by atoms with Gasteiger partial charge in [-0.2, -0.15) is 0 Å². The van der Waals surface area contributed by atoms with Crippen LogP contribution in [0.1, 0.15) is 53.9 Å². The molecule has 0 saturated carbocycles. The Morgan fingerprint density at radius 2 is 1.90 bits per heavy atom. The van der Waals surface area contributed by atoms with E-state index >= 15 is 0 Å². The monoisotopic (exact) mass is 283 g/mol. The number of hydrogen-bond donors (Lipinski definition) is 1. The lowest BCUT2D eigenvalue weighted by atomic mass is 9.99. The predicted octanol–water partition coefficient (Wildman–Crippen LogP) is 2.30. The first kappa shape index (κ1) is 17.4. The second kappa shape index (κ2) is 8.63. The van der Waals surface area contributed by atoms with Crippen LogP contribution in [0.4, 0.5) is 0 Å². The Bertz CT molecular complexity index is 291. The van der Waals surface area contributed by atoms with Crippen molar-refractivity contribution in [3.05, 3.63) is 0 Å². The summed E-state index contributed by atoms with van der Waals surface area (Å²) in [5.41, 5.74) is 0. The van der Waals surface area contributed by atoms with Gasteiger partial charge in [0.1, 0.15) is 0 Å². The molecule has 1 saturated heterocycles. The highest BCUT2D eigenvalue weighted by Crippen LogP contribution is 2.21. The molecule has 0 aromatic carbocycles. The average molecular weight is 283 g/mol. The second-order valence-corrected chi connectivity index (χ2v) is 5.89. The molecular weight excluding hydrogens is 250 g/mol. The molecule has 118 valence electrons. The van der Waals surface area contributed by atoms with E-state index in [1.807, 2.05) is 0 Å².